The molecule has 0 aromatic heterocycles. The summed E-state index contributed by atoms with van der Waals surface area (Å²) < 4.78 is 5.90. The van der Waals surface area contributed by atoms with Crippen molar-refractivity contribution in [2.45, 2.75) is 38.1 Å². The Labute approximate surface area is 110 Å². The predicted octanol–water partition coefficient (Wildman–Crippen LogP) is 3.02. The highest BCUT2D eigenvalue weighted by molar-refractivity contribution is 5.35. The Morgan fingerprint density at radius 2 is 2.17 bits per heavy atom. The van der Waals surface area contributed by atoms with Crippen LogP contribution in [0.1, 0.15) is 31.2 Å². The van der Waals surface area contributed by atoms with Gasteiger partial charge in [0.2, 0.25) is 0 Å². The Kier molecular flexibility index (Phi) is 3.55. The average molecular weight is 245 g/mol. The number of para-hydroxylation sites is 1. The van der Waals surface area contributed by atoms with E-state index in [0.29, 0.717) is 12.0 Å². The van der Waals surface area contributed by atoms with Crippen LogP contribution in [0.2, 0.25) is 0 Å². The first-order valence-corrected chi connectivity index (χ1v) is 7.25. The van der Waals surface area contributed by atoms with E-state index in [2.05, 4.69) is 36.6 Å². The van der Waals surface area contributed by atoms with Crippen molar-refractivity contribution in [2.24, 2.45) is 11.8 Å². The molecule has 2 nitrogen and oxygen atoms in total. The van der Waals surface area contributed by atoms with Gasteiger partial charge in [-0.1, -0.05) is 31.0 Å². The summed E-state index contributed by atoms with van der Waals surface area (Å²) in [4.78, 5) is 0. The van der Waals surface area contributed by atoms with Crippen LogP contribution in [-0.4, -0.2) is 19.7 Å². The summed E-state index contributed by atoms with van der Waals surface area (Å²) in [7, 11) is 2.10. The number of nitrogens with one attached hydrogen (secondary N) is 1. The van der Waals surface area contributed by atoms with Crippen LogP contribution >= 0.6 is 0 Å². The van der Waals surface area contributed by atoms with Crippen LogP contribution in [0.15, 0.2) is 24.3 Å². The summed E-state index contributed by atoms with van der Waals surface area (Å²) in [6.45, 7) is 0.868. The van der Waals surface area contributed by atoms with Crippen LogP contribution in [0.3, 0.4) is 0 Å². The number of benzene rings is 1. The zero-order valence-electron chi connectivity index (χ0n) is 11.2. The van der Waals surface area contributed by atoms with Crippen molar-refractivity contribution in [1.82, 2.24) is 5.32 Å². The predicted molar refractivity (Wildman–Crippen MR) is 73.9 cm³/mol. The Balaban J connectivity index is 1.61. The minimum absolute atomic E-state index is 0.610. The summed E-state index contributed by atoms with van der Waals surface area (Å²) in [5.41, 5.74) is 1.38. The first-order chi connectivity index (χ1) is 8.86. The molecule has 1 heterocycles. The first-order valence-electron chi connectivity index (χ1n) is 7.25. The van der Waals surface area contributed by atoms with E-state index < -0.39 is 0 Å². The lowest BCUT2D eigenvalue weighted by Crippen LogP contribution is -2.40. The molecule has 2 unspecified atom stereocenters. The second-order valence-corrected chi connectivity index (χ2v) is 5.80. The molecule has 2 heteroatoms. The third-order valence-corrected chi connectivity index (χ3v) is 4.43. The maximum atomic E-state index is 5.90. The van der Waals surface area contributed by atoms with Crippen LogP contribution < -0.4 is 10.1 Å². The van der Waals surface area contributed by atoms with Crippen molar-refractivity contribution >= 4 is 0 Å². The molecule has 1 saturated carbocycles. The second-order valence-electron chi connectivity index (χ2n) is 5.80. The molecule has 0 bridgehead atoms. The fourth-order valence-corrected chi connectivity index (χ4v) is 3.05. The van der Waals surface area contributed by atoms with Crippen molar-refractivity contribution in [2.75, 3.05) is 13.7 Å². The molecule has 98 valence electrons. The van der Waals surface area contributed by atoms with Gasteiger partial charge in [0.1, 0.15) is 5.75 Å². The number of fused-ring (bicyclic) bond motifs is 1. The normalized spacial score (nSPS) is 24.2. The van der Waals surface area contributed by atoms with Crippen LogP contribution in [-0.2, 0) is 6.42 Å². The average Bonchev–Trinajstić information content (AvgIpc) is 3.23. The summed E-state index contributed by atoms with van der Waals surface area (Å²) in [6.07, 6.45) is 6.77. The lowest BCUT2D eigenvalue weighted by molar-refractivity contribution is 0.181. The van der Waals surface area contributed by atoms with Gasteiger partial charge in [-0.3, -0.25) is 0 Å². The van der Waals surface area contributed by atoms with E-state index in [9.17, 15) is 0 Å². The summed E-state index contributed by atoms with van der Waals surface area (Å²) in [6, 6.07) is 9.07. The quantitative estimate of drug-likeness (QED) is 0.861. The second kappa shape index (κ2) is 5.31. The van der Waals surface area contributed by atoms with Crippen LogP contribution in [0.5, 0.6) is 5.75 Å². The molecule has 0 amide bonds. The Morgan fingerprint density at radius 1 is 1.33 bits per heavy atom. The van der Waals surface area contributed by atoms with Crippen LogP contribution in [0.25, 0.3) is 0 Å². The molecule has 2 atom stereocenters. The third-order valence-electron chi connectivity index (χ3n) is 4.43. The molecule has 0 radical (unpaired) electrons. The van der Waals surface area contributed by atoms with E-state index in [1.54, 1.807) is 0 Å². The maximum absolute atomic E-state index is 5.90. The topological polar surface area (TPSA) is 21.3 Å². The molecular weight excluding hydrogens is 222 g/mol. The Hall–Kier alpha value is -1.02. The van der Waals surface area contributed by atoms with E-state index in [4.69, 9.17) is 4.74 Å². The molecule has 1 aliphatic heterocycles. The Bertz CT molecular complexity index is 400. The zero-order valence-corrected chi connectivity index (χ0v) is 11.2. The number of ether oxygens (including phenoxy) is 1. The minimum atomic E-state index is 0.610. The largest absolute Gasteiger partial charge is 0.493 e. The first kappa shape index (κ1) is 12.0. The van der Waals surface area contributed by atoms with Crippen molar-refractivity contribution in [3.8, 4) is 5.75 Å². The van der Waals surface area contributed by atoms with Gasteiger partial charge in [0.25, 0.3) is 0 Å². The van der Waals surface area contributed by atoms with Gasteiger partial charge in [-0.2, -0.15) is 0 Å². The molecule has 0 spiro atoms. The zero-order chi connectivity index (χ0) is 12.4. The highest BCUT2D eigenvalue weighted by Crippen LogP contribution is 2.35. The van der Waals surface area contributed by atoms with Crippen molar-refractivity contribution in [3.05, 3.63) is 29.8 Å². The van der Waals surface area contributed by atoms with Crippen LogP contribution in [0, 0.1) is 11.8 Å². The van der Waals surface area contributed by atoms with E-state index in [-0.39, 0.29) is 0 Å². The van der Waals surface area contributed by atoms with Crippen LogP contribution in [0.4, 0.5) is 0 Å². The van der Waals surface area contributed by atoms with E-state index in [0.717, 1.165) is 24.7 Å². The van der Waals surface area contributed by atoms with Gasteiger partial charge in [-0.25, -0.2) is 0 Å². The van der Waals surface area contributed by atoms with E-state index in [1.807, 2.05) is 0 Å². The molecule has 1 aliphatic carbocycles. The molecular formula is C16H23NO. The fourth-order valence-electron chi connectivity index (χ4n) is 3.05. The SMILES string of the molecule is CNC(CCC1CC1)C1COc2ccccc2C1. The molecule has 1 N–H and O–H groups in total. The van der Waals surface area contributed by atoms with E-state index in [1.165, 1.54) is 31.2 Å². The lowest BCUT2D eigenvalue weighted by atomic mass is 9.87. The van der Waals surface area contributed by atoms with Crippen molar-refractivity contribution in [1.29, 1.82) is 0 Å². The summed E-state index contributed by atoms with van der Waals surface area (Å²) in [5.74, 6) is 2.74. The van der Waals surface area contributed by atoms with Gasteiger partial charge >= 0.3 is 0 Å². The van der Waals surface area contributed by atoms with Gasteiger partial charge in [0, 0.05) is 12.0 Å². The van der Waals surface area contributed by atoms with Gasteiger partial charge in [0.05, 0.1) is 6.61 Å². The molecule has 18 heavy (non-hydrogen) atoms. The number of hydrogen-bond acceptors (Lipinski definition) is 2. The molecule has 0 saturated heterocycles. The highest BCUT2D eigenvalue weighted by Gasteiger charge is 2.28. The van der Waals surface area contributed by atoms with Gasteiger partial charge in [-0.05, 0) is 43.9 Å². The van der Waals surface area contributed by atoms with Gasteiger partial charge in [0.15, 0.2) is 0 Å². The number of hydrogen-bond donors (Lipinski definition) is 1. The van der Waals surface area contributed by atoms with Gasteiger partial charge in [-0.15, -0.1) is 0 Å². The van der Waals surface area contributed by atoms with Crippen molar-refractivity contribution in [3.63, 3.8) is 0 Å². The summed E-state index contributed by atoms with van der Waals surface area (Å²) in [5, 5.41) is 3.51. The molecule has 1 aromatic rings. The molecule has 2 aliphatic rings. The molecule has 1 aromatic carbocycles. The monoisotopic (exact) mass is 245 g/mol. The summed E-state index contributed by atoms with van der Waals surface area (Å²) >= 11 is 0. The number of rotatable bonds is 5. The third kappa shape index (κ3) is 2.69. The highest BCUT2D eigenvalue weighted by atomic mass is 16.5. The van der Waals surface area contributed by atoms with Crippen molar-refractivity contribution < 1.29 is 4.74 Å². The Morgan fingerprint density at radius 3 is 2.94 bits per heavy atom. The van der Waals surface area contributed by atoms with E-state index >= 15 is 0 Å². The lowest BCUT2D eigenvalue weighted by Gasteiger charge is -2.31. The van der Waals surface area contributed by atoms with Gasteiger partial charge < -0.3 is 10.1 Å². The molecule has 3 rings (SSSR count). The smallest absolute Gasteiger partial charge is 0.122 e. The maximum Gasteiger partial charge on any atom is 0.122 e. The fraction of sp³-hybridized carbons (Fsp3) is 0.625. The standard InChI is InChI=1S/C16H23NO/c1-17-15(9-8-12-6-7-12)14-10-13-4-2-3-5-16(13)18-11-14/h2-5,12,14-15,17H,6-11H2,1H3. The molecule has 1 fully saturated rings. The minimum Gasteiger partial charge on any atom is -0.493 e.